The number of rotatable bonds is 5. The second kappa shape index (κ2) is 7.26. The van der Waals surface area contributed by atoms with E-state index in [9.17, 15) is 0 Å². The van der Waals surface area contributed by atoms with Crippen LogP contribution in [0.4, 0.5) is 5.82 Å². The Morgan fingerprint density at radius 1 is 0.931 bits per heavy atom. The van der Waals surface area contributed by atoms with Crippen molar-refractivity contribution in [2.24, 2.45) is 0 Å². The highest BCUT2D eigenvalue weighted by molar-refractivity contribution is 5.41. The second-order valence-electron chi connectivity index (χ2n) is 8.36. The summed E-state index contributed by atoms with van der Waals surface area (Å²) in [6, 6.07) is 14.9. The predicted molar refractivity (Wildman–Crippen MR) is 112 cm³/mol. The highest BCUT2D eigenvalue weighted by Crippen LogP contribution is 2.52. The molecule has 0 radical (unpaired) electrons. The molecule has 0 amide bonds. The number of anilines is 1. The van der Waals surface area contributed by atoms with Crippen molar-refractivity contribution in [3.63, 3.8) is 0 Å². The monoisotopic (exact) mass is 389 g/mol. The third-order valence-electron chi connectivity index (χ3n) is 6.18. The summed E-state index contributed by atoms with van der Waals surface area (Å²) in [6.07, 6.45) is 2.19. The first-order valence-corrected chi connectivity index (χ1v) is 10.4. The van der Waals surface area contributed by atoms with E-state index in [2.05, 4.69) is 63.3 Å². The van der Waals surface area contributed by atoms with Crippen molar-refractivity contribution in [2.75, 3.05) is 31.1 Å². The van der Waals surface area contributed by atoms with E-state index < -0.39 is 0 Å². The maximum absolute atomic E-state index is 5.64. The van der Waals surface area contributed by atoms with Crippen LogP contribution in [0.15, 0.2) is 47.0 Å². The van der Waals surface area contributed by atoms with Crippen molar-refractivity contribution >= 4 is 5.82 Å². The summed E-state index contributed by atoms with van der Waals surface area (Å²) in [6.45, 7) is 8.73. The lowest BCUT2D eigenvalue weighted by atomic mass is 9.94. The number of hydrogen-bond acceptors (Lipinski definition) is 6. The summed E-state index contributed by atoms with van der Waals surface area (Å²) in [5.41, 5.74) is 3.60. The lowest BCUT2D eigenvalue weighted by Gasteiger charge is -2.34. The van der Waals surface area contributed by atoms with E-state index in [4.69, 9.17) is 9.51 Å². The fraction of sp³-hybridized carbons (Fsp3) is 0.435. The number of pyridine rings is 1. The van der Waals surface area contributed by atoms with Crippen molar-refractivity contribution in [1.82, 2.24) is 20.0 Å². The lowest BCUT2D eigenvalue weighted by molar-refractivity contribution is 0.215. The van der Waals surface area contributed by atoms with Crippen LogP contribution < -0.4 is 4.90 Å². The van der Waals surface area contributed by atoms with Crippen LogP contribution in [0.2, 0.25) is 0 Å². The number of piperazine rings is 1. The van der Waals surface area contributed by atoms with Gasteiger partial charge in [-0.05, 0) is 44.4 Å². The van der Waals surface area contributed by atoms with E-state index in [1.165, 1.54) is 11.1 Å². The summed E-state index contributed by atoms with van der Waals surface area (Å²) >= 11 is 0. The quantitative estimate of drug-likeness (QED) is 0.666. The molecule has 0 bridgehead atoms. The molecule has 1 saturated carbocycles. The number of aryl methyl sites for hydroxylation is 2. The van der Waals surface area contributed by atoms with Crippen molar-refractivity contribution in [3.05, 3.63) is 71.0 Å². The Bertz CT molecular complexity index is 985. The molecule has 5 rings (SSSR count). The third-order valence-corrected chi connectivity index (χ3v) is 6.18. The maximum Gasteiger partial charge on any atom is 0.240 e. The zero-order chi connectivity index (χ0) is 19.8. The minimum absolute atomic E-state index is 0.0367. The normalized spacial score (nSPS) is 18.8. The van der Waals surface area contributed by atoms with Gasteiger partial charge in [-0.15, -0.1) is 0 Å². The molecule has 6 heteroatoms. The van der Waals surface area contributed by atoms with E-state index in [0.29, 0.717) is 6.54 Å². The Labute approximate surface area is 171 Å². The van der Waals surface area contributed by atoms with Gasteiger partial charge in [0.25, 0.3) is 0 Å². The zero-order valence-electron chi connectivity index (χ0n) is 17.1. The molecule has 0 N–H and O–H groups in total. The number of hydrogen-bond donors (Lipinski definition) is 0. The largest absolute Gasteiger partial charge is 0.354 e. The molecule has 29 heavy (non-hydrogen) atoms. The van der Waals surface area contributed by atoms with Crippen LogP contribution in [-0.2, 0) is 12.0 Å². The number of aromatic nitrogens is 3. The molecule has 3 aromatic rings. The molecule has 1 saturated heterocycles. The SMILES string of the molecule is Cc1ccc(C2(c3noc(CN4CCN(c5cccc(C)n5)CC4)n3)CC2)cc1. The first-order chi connectivity index (χ1) is 14.1. The van der Waals surface area contributed by atoms with E-state index >= 15 is 0 Å². The van der Waals surface area contributed by atoms with Crippen LogP contribution in [0.1, 0.15) is 41.4 Å². The smallest absolute Gasteiger partial charge is 0.240 e. The Morgan fingerprint density at radius 3 is 2.38 bits per heavy atom. The van der Waals surface area contributed by atoms with Gasteiger partial charge in [0.15, 0.2) is 5.82 Å². The molecule has 1 aromatic carbocycles. The lowest BCUT2D eigenvalue weighted by Crippen LogP contribution is -2.46. The molecule has 2 fully saturated rings. The molecule has 2 aliphatic rings. The molecule has 150 valence electrons. The van der Waals surface area contributed by atoms with Gasteiger partial charge in [0.2, 0.25) is 5.89 Å². The molecule has 2 aromatic heterocycles. The van der Waals surface area contributed by atoms with Crippen LogP contribution in [0, 0.1) is 13.8 Å². The molecular weight excluding hydrogens is 362 g/mol. The molecule has 1 aliphatic carbocycles. The van der Waals surface area contributed by atoms with Crippen molar-refractivity contribution < 1.29 is 4.52 Å². The third kappa shape index (κ3) is 3.65. The Kier molecular flexibility index (Phi) is 4.59. The Hall–Kier alpha value is -2.73. The molecule has 0 spiro atoms. The van der Waals surface area contributed by atoms with Gasteiger partial charge in [-0.1, -0.05) is 41.1 Å². The van der Waals surface area contributed by atoms with Crippen LogP contribution >= 0.6 is 0 Å². The standard InChI is InChI=1S/C23H27N5O/c1-17-6-8-19(9-7-17)23(10-11-23)22-25-21(29-26-22)16-27-12-14-28(15-13-27)20-5-3-4-18(2)24-20/h3-9H,10-16H2,1-2H3. The van der Waals surface area contributed by atoms with Crippen molar-refractivity contribution in [3.8, 4) is 0 Å². The maximum atomic E-state index is 5.64. The summed E-state index contributed by atoms with van der Waals surface area (Å²) in [4.78, 5) is 14.2. The topological polar surface area (TPSA) is 58.3 Å². The summed E-state index contributed by atoms with van der Waals surface area (Å²) < 4.78 is 5.64. The first kappa shape index (κ1) is 18.3. The van der Waals surface area contributed by atoms with Gasteiger partial charge in [0, 0.05) is 31.9 Å². The fourth-order valence-electron chi connectivity index (χ4n) is 4.18. The Morgan fingerprint density at radius 2 is 1.69 bits per heavy atom. The van der Waals surface area contributed by atoms with Gasteiger partial charge < -0.3 is 9.42 Å². The van der Waals surface area contributed by atoms with Gasteiger partial charge in [0.1, 0.15) is 5.82 Å². The van der Waals surface area contributed by atoms with Crippen LogP contribution in [0.5, 0.6) is 0 Å². The molecule has 0 unspecified atom stereocenters. The minimum Gasteiger partial charge on any atom is -0.354 e. The minimum atomic E-state index is -0.0367. The van der Waals surface area contributed by atoms with Crippen molar-refractivity contribution in [2.45, 2.75) is 38.6 Å². The molecule has 6 nitrogen and oxygen atoms in total. The van der Waals surface area contributed by atoms with Crippen LogP contribution in [0.3, 0.4) is 0 Å². The summed E-state index contributed by atoms with van der Waals surface area (Å²) in [5, 5.41) is 4.35. The number of nitrogens with zero attached hydrogens (tertiary/aromatic N) is 5. The van der Waals surface area contributed by atoms with Crippen LogP contribution in [0.25, 0.3) is 0 Å². The van der Waals surface area contributed by atoms with Crippen LogP contribution in [-0.4, -0.2) is 46.2 Å². The van der Waals surface area contributed by atoms with Gasteiger partial charge in [-0.2, -0.15) is 4.98 Å². The Balaban J connectivity index is 1.22. The highest BCUT2D eigenvalue weighted by atomic mass is 16.5. The summed E-state index contributed by atoms with van der Waals surface area (Å²) in [5.74, 6) is 2.64. The number of benzene rings is 1. The van der Waals surface area contributed by atoms with Crippen molar-refractivity contribution in [1.29, 1.82) is 0 Å². The molecule has 1 aliphatic heterocycles. The van der Waals surface area contributed by atoms with E-state index in [1.807, 2.05) is 13.0 Å². The van der Waals surface area contributed by atoms with Gasteiger partial charge >= 0.3 is 0 Å². The molecular formula is C23H27N5O. The average Bonchev–Trinajstić information content (AvgIpc) is 3.41. The fourth-order valence-corrected chi connectivity index (χ4v) is 4.18. The van der Waals surface area contributed by atoms with E-state index in [0.717, 1.165) is 62.2 Å². The average molecular weight is 390 g/mol. The zero-order valence-corrected chi connectivity index (χ0v) is 17.1. The second-order valence-corrected chi connectivity index (χ2v) is 8.36. The first-order valence-electron chi connectivity index (χ1n) is 10.4. The highest BCUT2D eigenvalue weighted by Gasteiger charge is 2.50. The molecule has 3 heterocycles. The van der Waals surface area contributed by atoms with Gasteiger partial charge in [0.05, 0.1) is 12.0 Å². The van der Waals surface area contributed by atoms with Gasteiger partial charge in [-0.3, -0.25) is 4.90 Å². The van der Waals surface area contributed by atoms with E-state index in [-0.39, 0.29) is 5.41 Å². The summed E-state index contributed by atoms with van der Waals surface area (Å²) in [7, 11) is 0. The van der Waals surface area contributed by atoms with E-state index in [1.54, 1.807) is 0 Å². The molecule has 0 atom stereocenters. The predicted octanol–water partition coefficient (Wildman–Crippen LogP) is 3.48. The van der Waals surface area contributed by atoms with Gasteiger partial charge in [-0.25, -0.2) is 4.98 Å².